The number of hydrogen-bond acceptors (Lipinski definition) is 2. The van der Waals surface area contributed by atoms with Crippen molar-refractivity contribution in [1.82, 2.24) is 5.32 Å². The normalized spacial score (nSPS) is 10.1. The number of unbranched alkanes of at least 4 members (excludes halogenated alkanes) is 1. The number of carboxylic acids is 1. The topological polar surface area (TPSA) is 66.4 Å². The van der Waals surface area contributed by atoms with Crippen LogP contribution in [-0.2, 0) is 16.1 Å². The predicted molar refractivity (Wildman–Crippen MR) is 69.1 cm³/mol. The van der Waals surface area contributed by atoms with Crippen molar-refractivity contribution in [2.24, 2.45) is 0 Å². The highest BCUT2D eigenvalue weighted by atomic mass is 16.4. The Morgan fingerprint density at radius 3 is 2.33 bits per heavy atom. The molecule has 0 aromatic heterocycles. The van der Waals surface area contributed by atoms with Crippen LogP contribution in [0.3, 0.4) is 0 Å². The molecule has 0 aliphatic carbocycles. The van der Waals surface area contributed by atoms with Crippen molar-refractivity contribution >= 4 is 11.9 Å². The molecular formula is C14H19NO3. The molecule has 0 unspecified atom stereocenters. The summed E-state index contributed by atoms with van der Waals surface area (Å²) in [6.07, 6.45) is 1.68. The number of carboxylic acid groups (broad SMARTS) is 1. The third kappa shape index (κ3) is 6.03. The Bertz CT molecular complexity index is 398. The number of carbonyl (C=O) groups is 2. The number of rotatable bonds is 7. The van der Waals surface area contributed by atoms with E-state index in [-0.39, 0.29) is 12.3 Å². The molecule has 1 aromatic carbocycles. The van der Waals surface area contributed by atoms with E-state index in [1.807, 2.05) is 31.2 Å². The van der Waals surface area contributed by atoms with E-state index in [1.165, 1.54) is 5.56 Å². The van der Waals surface area contributed by atoms with Crippen molar-refractivity contribution in [2.45, 2.75) is 39.2 Å². The smallest absolute Gasteiger partial charge is 0.303 e. The SMILES string of the molecule is Cc1ccc(CNC(=O)CCCCC(=O)O)cc1. The molecule has 1 rings (SSSR count). The largest absolute Gasteiger partial charge is 0.481 e. The van der Waals surface area contributed by atoms with E-state index >= 15 is 0 Å². The molecule has 18 heavy (non-hydrogen) atoms. The summed E-state index contributed by atoms with van der Waals surface area (Å²) in [4.78, 5) is 21.8. The van der Waals surface area contributed by atoms with Gasteiger partial charge in [-0.1, -0.05) is 29.8 Å². The van der Waals surface area contributed by atoms with Gasteiger partial charge in [-0.05, 0) is 25.3 Å². The third-order valence-corrected chi connectivity index (χ3v) is 2.65. The van der Waals surface area contributed by atoms with Crippen LogP contribution in [-0.4, -0.2) is 17.0 Å². The van der Waals surface area contributed by atoms with Gasteiger partial charge in [-0.3, -0.25) is 9.59 Å². The van der Waals surface area contributed by atoms with E-state index < -0.39 is 5.97 Å². The van der Waals surface area contributed by atoms with Gasteiger partial charge in [-0.2, -0.15) is 0 Å². The fourth-order valence-electron chi connectivity index (χ4n) is 1.56. The van der Waals surface area contributed by atoms with Crippen LogP contribution in [0.15, 0.2) is 24.3 Å². The van der Waals surface area contributed by atoms with E-state index in [0.29, 0.717) is 25.8 Å². The zero-order valence-electron chi connectivity index (χ0n) is 10.6. The van der Waals surface area contributed by atoms with Gasteiger partial charge in [-0.25, -0.2) is 0 Å². The Labute approximate surface area is 107 Å². The number of amides is 1. The molecular weight excluding hydrogens is 230 g/mol. The summed E-state index contributed by atoms with van der Waals surface area (Å²) < 4.78 is 0. The zero-order chi connectivity index (χ0) is 13.4. The summed E-state index contributed by atoms with van der Waals surface area (Å²) >= 11 is 0. The Balaban J connectivity index is 2.17. The fraction of sp³-hybridized carbons (Fsp3) is 0.429. The number of benzene rings is 1. The molecule has 0 radical (unpaired) electrons. The highest BCUT2D eigenvalue weighted by Gasteiger charge is 2.02. The third-order valence-electron chi connectivity index (χ3n) is 2.65. The van der Waals surface area contributed by atoms with Crippen LogP contribution in [0.2, 0.25) is 0 Å². The molecule has 4 heteroatoms. The van der Waals surface area contributed by atoms with Crippen LogP contribution < -0.4 is 5.32 Å². The van der Waals surface area contributed by atoms with Gasteiger partial charge in [0.1, 0.15) is 0 Å². The molecule has 0 bridgehead atoms. The molecule has 0 aliphatic rings. The summed E-state index contributed by atoms with van der Waals surface area (Å²) in [5, 5.41) is 11.3. The lowest BCUT2D eigenvalue weighted by Gasteiger charge is -2.05. The molecule has 0 atom stereocenters. The average molecular weight is 249 g/mol. The highest BCUT2D eigenvalue weighted by Crippen LogP contribution is 2.03. The fourth-order valence-corrected chi connectivity index (χ4v) is 1.56. The van der Waals surface area contributed by atoms with E-state index in [2.05, 4.69) is 5.32 Å². The predicted octanol–water partition coefficient (Wildman–Crippen LogP) is 2.26. The van der Waals surface area contributed by atoms with Gasteiger partial charge in [0.25, 0.3) is 0 Å². The Hall–Kier alpha value is -1.84. The molecule has 1 aromatic rings. The first-order valence-electron chi connectivity index (χ1n) is 6.12. The second-order valence-electron chi connectivity index (χ2n) is 4.36. The number of hydrogen-bond donors (Lipinski definition) is 2. The second kappa shape index (κ2) is 7.48. The summed E-state index contributed by atoms with van der Waals surface area (Å²) in [7, 11) is 0. The average Bonchev–Trinajstić information content (AvgIpc) is 2.34. The van der Waals surface area contributed by atoms with Gasteiger partial charge in [0.15, 0.2) is 0 Å². The molecule has 4 nitrogen and oxygen atoms in total. The number of aliphatic carboxylic acids is 1. The lowest BCUT2D eigenvalue weighted by Crippen LogP contribution is -2.22. The standard InChI is InChI=1S/C14H19NO3/c1-11-6-8-12(9-7-11)10-15-13(16)4-2-3-5-14(17)18/h6-9H,2-5,10H2,1H3,(H,15,16)(H,17,18). The lowest BCUT2D eigenvalue weighted by molar-refractivity contribution is -0.137. The maximum Gasteiger partial charge on any atom is 0.303 e. The molecule has 0 fully saturated rings. The van der Waals surface area contributed by atoms with Crippen molar-refractivity contribution < 1.29 is 14.7 Å². The summed E-state index contributed by atoms with van der Waals surface area (Å²) in [6.45, 7) is 2.54. The van der Waals surface area contributed by atoms with Crippen molar-refractivity contribution in [2.75, 3.05) is 0 Å². The summed E-state index contributed by atoms with van der Waals surface area (Å²) in [5.74, 6) is -0.837. The molecule has 98 valence electrons. The van der Waals surface area contributed by atoms with E-state index in [1.54, 1.807) is 0 Å². The van der Waals surface area contributed by atoms with E-state index in [4.69, 9.17) is 5.11 Å². The van der Waals surface area contributed by atoms with Crippen molar-refractivity contribution in [3.8, 4) is 0 Å². The Morgan fingerprint density at radius 2 is 1.72 bits per heavy atom. The lowest BCUT2D eigenvalue weighted by atomic mass is 10.1. The maximum absolute atomic E-state index is 11.5. The Morgan fingerprint density at radius 1 is 1.11 bits per heavy atom. The van der Waals surface area contributed by atoms with Gasteiger partial charge in [-0.15, -0.1) is 0 Å². The van der Waals surface area contributed by atoms with Crippen molar-refractivity contribution in [1.29, 1.82) is 0 Å². The minimum atomic E-state index is -0.810. The van der Waals surface area contributed by atoms with Crippen LogP contribution in [0.4, 0.5) is 0 Å². The van der Waals surface area contributed by atoms with Crippen molar-refractivity contribution in [3.63, 3.8) is 0 Å². The quantitative estimate of drug-likeness (QED) is 0.728. The van der Waals surface area contributed by atoms with Crippen LogP contribution in [0.5, 0.6) is 0 Å². The first-order chi connectivity index (χ1) is 8.58. The highest BCUT2D eigenvalue weighted by molar-refractivity contribution is 5.75. The molecule has 0 spiro atoms. The van der Waals surface area contributed by atoms with Gasteiger partial charge >= 0.3 is 5.97 Å². The van der Waals surface area contributed by atoms with Gasteiger partial charge in [0.05, 0.1) is 0 Å². The van der Waals surface area contributed by atoms with Crippen LogP contribution >= 0.6 is 0 Å². The number of carbonyl (C=O) groups excluding carboxylic acids is 1. The molecule has 1 amide bonds. The number of nitrogens with one attached hydrogen (secondary N) is 1. The van der Waals surface area contributed by atoms with Gasteiger partial charge < -0.3 is 10.4 Å². The van der Waals surface area contributed by atoms with Crippen molar-refractivity contribution in [3.05, 3.63) is 35.4 Å². The molecule has 0 saturated carbocycles. The van der Waals surface area contributed by atoms with Crippen LogP contribution in [0, 0.1) is 6.92 Å². The minimum absolute atomic E-state index is 0.0269. The molecule has 0 heterocycles. The van der Waals surface area contributed by atoms with Gasteiger partial charge in [0.2, 0.25) is 5.91 Å². The summed E-state index contributed by atoms with van der Waals surface area (Å²) in [6, 6.07) is 7.99. The van der Waals surface area contributed by atoms with Crippen LogP contribution in [0.25, 0.3) is 0 Å². The van der Waals surface area contributed by atoms with Crippen LogP contribution in [0.1, 0.15) is 36.8 Å². The monoisotopic (exact) mass is 249 g/mol. The first kappa shape index (κ1) is 14.2. The van der Waals surface area contributed by atoms with E-state index in [9.17, 15) is 9.59 Å². The summed E-state index contributed by atoms with van der Waals surface area (Å²) in [5.41, 5.74) is 2.26. The zero-order valence-corrected chi connectivity index (χ0v) is 10.6. The molecule has 0 aliphatic heterocycles. The number of aryl methyl sites for hydroxylation is 1. The first-order valence-corrected chi connectivity index (χ1v) is 6.12. The maximum atomic E-state index is 11.5. The molecule has 0 saturated heterocycles. The minimum Gasteiger partial charge on any atom is -0.481 e. The Kier molecular flexibility index (Phi) is 5.91. The second-order valence-corrected chi connectivity index (χ2v) is 4.36. The molecule has 2 N–H and O–H groups in total. The van der Waals surface area contributed by atoms with Gasteiger partial charge in [0, 0.05) is 19.4 Å². The van der Waals surface area contributed by atoms with E-state index in [0.717, 1.165) is 5.56 Å².